The van der Waals surface area contributed by atoms with Gasteiger partial charge < -0.3 is 10.1 Å². The molecule has 2 fully saturated rings. The van der Waals surface area contributed by atoms with Gasteiger partial charge in [0.25, 0.3) is 0 Å². The number of ether oxygens (including phenoxy) is 1. The normalized spacial score (nSPS) is 24.0. The van der Waals surface area contributed by atoms with E-state index < -0.39 is 0 Å². The smallest absolute Gasteiger partial charge is 0.0797 e. The van der Waals surface area contributed by atoms with Crippen LogP contribution in [0.4, 0.5) is 0 Å². The van der Waals surface area contributed by atoms with E-state index in [4.69, 9.17) is 4.74 Å². The SMILES string of the molecule is c1nc(C2COC2)c(C2CCNCC2)s1. The third-order valence-corrected chi connectivity index (χ3v) is 4.37. The van der Waals surface area contributed by atoms with Crippen LogP contribution in [0.5, 0.6) is 0 Å². The van der Waals surface area contributed by atoms with Crippen LogP contribution in [0.3, 0.4) is 0 Å². The summed E-state index contributed by atoms with van der Waals surface area (Å²) >= 11 is 1.84. The largest absolute Gasteiger partial charge is 0.380 e. The van der Waals surface area contributed by atoms with Gasteiger partial charge in [0.15, 0.2) is 0 Å². The summed E-state index contributed by atoms with van der Waals surface area (Å²) in [6.45, 7) is 4.07. The zero-order valence-corrected chi connectivity index (χ0v) is 9.55. The van der Waals surface area contributed by atoms with E-state index in [1.54, 1.807) is 0 Å². The van der Waals surface area contributed by atoms with E-state index in [1.807, 2.05) is 16.8 Å². The van der Waals surface area contributed by atoms with E-state index in [-0.39, 0.29) is 0 Å². The lowest BCUT2D eigenvalue weighted by Crippen LogP contribution is -2.29. The number of rotatable bonds is 2. The standard InChI is InChI=1S/C11H16N2OS/c1-3-12-4-2-8(1)11-10(13-7-15-11)9-5-14-6-9/h7-9,12H,1-6H2. The van der Waals surface area contributed by atoms with Crippen LogP contribution < -0.4 is 5.32 Å². The third kappa shape index (κ3) is 1.82. The number of nitrogens with zero attached hydrogens (tertiary/aromatic N) is 1. The topological polar surface area (TPSA) is 34.1 Å². The predicted octanol–water partition coefficient (Wildman–Crippen LogP) is 1.72. The Balaban J connectivity index is 1.80. The van der Waals surface area contributed by atoms with Crippen molar-refractivity contribution < 1.29 is 4.74 Å². The van der Waals surface area contributed by atoms with E-state index in [0.717, 1.165) is 32.2 Å². The average Bonchev–Trinajstić information content (AvgIpc) is 2.65. The summed E-state index contributed by atoms with van der Waals surface area (Å²) in [5, 5.41) is 3.41. The molecule has 4 heteroatoms. The molecule has 3 nitrogen and oxygen atoms in total. The van der Waals surface area contributed by atoms with Gasteiger partial charge in [-0.25, -0.2) is 4.98 Å². The summed E-state index contributed by atoms with van der Waals surface area (Å²) in [7, 11) is 0. The van der Waals surface area contributed by atoms with E-state index in [1.165, 1.54) is 23.4 Å². The second-order valence-corrected chi connectivity index (χ2v) is 5.25. The lowest BCUT2D eigenvalue weighted by molar-refractivity contribution is 0.00644. The second kappa shape index (κ2) is 4.20. The van der Waals surface area contributed by atoms with Crippen LogP contribution in [0.1, 0.15) is 35.2 Å². The van der Waals surface area contributed by atoms with Gasteiger partial charge >= 0.3 is 0 Å². The number of nitrogens with one attached hydrogen (secondary N) is 1. The van der Waals surface area contributed by atoms with Crippen LogP contribution in [0.25, 0.3) is 0 Å². The van der Waals surface area contributed by atoms with Crippen molar-refractivity contribution in [2.45, 2.75) is 24.7 Å². The van der Waals surface area contributed by atoms with Gasteiger partial charge in [0.2, 0.25) is 0 Å². The fourth-order valence-electron chi connectivity index (χ4n) is 2.35. The van der Waals surface area contributed by atoms with Crippen LogP contribution in [-0.2, 0) is 4.74 Å². The van der Waals surface area contributed by atoms with Crippen LogP contribution >= 0.6 is 11.3 Å². The number of hydrogen-bond donors (Lipinski definition) is 1. The quantitative estimate of drug-likeness (QED) is 0.830. The molecule has 1 aromatic heterocycles. The molecule has 2 aliphatic rings. The predicted molar refractivity (Wildman–Crippen MR) is 60.5 cm³/mol. The van der Waals surface area contributed by atoms with Gasteiger partial charge in [-0.2, -0.15) is 0 Å². The molecule has 0 aliphatic carbocycles. The maximum atomic E-state index is 5.25. The Morgan fingerprint density at radius 2 is 2.07 bits per heavy atom. The molecule has 0 radical (unpaired) electrons. The Kier molecular flexibility index (Phi) is 2.73. The number of aromatic nitrogens is 1. The van der Waals surface area contributed by atoms with Crippen molar-refractivity contribution in [1.29, 1.82) is 0 Å². The first-order chi connectivity index (χ1) is 7.45. The molecular weight excluding hydrogens is 208 g/mol. The number of thiazole rings is 1. The van der Waals surface area contributed by atoms with Crippen molar-refractivity contribution in [2.24, 2.45) is 0 Å². The van der Waals surface area contributed by atoms with Crippen molar-refractivity contribution in [3.05, 3.63) is 16.1 Å². The molecule has 82 valence electrons. The summed E-state index contributed by atoms with van der Waals surface area (Å²) < 4.78 is 5.25. The molecular formula is C11H16N2OS. The zero-order chi connectivity index (χ0) is 10.1. The van der Waals surface area contributed by atoms with Crippen molar-refractivity contribution in [3.8, 4) is 0 Å². The second-order valence-electron chi connectivity index (χ2n) is 4.36. The molecule has 0 amide bonds. The van der Waals surface area contributed by atoms with Crippen LogP contribution in [0.15, 0.2) is 5.51 Å². The number of piperidine rings is 1. The summed E-state index contributed by atoms with van der Waals surface area (Å²) in [6.07, 6.45) is 2.53. The van der Waals surface area contributed by atoms with E-state index in [0.29, 0.717) is 5.92 Å². The molecule has 2 saturated heterocycles. The molecule has 2 aliphatic heterocycles. The molecule has 1 N–H and O–H groups in total. The summed E-state index contributed by atoms with van der Waals surface area (Å²) in [4.78, 5) is 6.06. The Morgan fingerprint density at radius 1 is 1.27 bits per heavy atom. The van der Waals surface area contributed by atoms with E-state index >= 15 is 0 Å². The molecule has 3 rings (SSSR count). The molecule has 0 bridgehead atoms. The highest BCUT2D eigenvalue weighted by Crippen LogP contribution is 2.36. The fraction of sp³-hybridized carbons (Fsp3) is 0.727. The van der Waals surface area contributed by atoms with Gasteiger partial charge in [0, 0.05) is 10.8 Å². The number of hydrogen-bond acceptors (Lipinski definition) is 4. The maximum Gasteiger partial charge on any atom is 0.0797 e. The Labute approximate surface area is 93.9 Å². The first-order valence-corrected chi connectivity index (χ1v) is 6.55. The molecule has 3 heterocycles. The minimum absolute atomic E-state index is 0.584. The summed E-state index contributed by atoms with van der Waals surface area (Å²) in [5.74, 6) is 1.33. The summed E-state index contributed by atoms with van der Waals surface area (Å²) in [5.41, 5.74) is 3.34. The highest BCUT2D eigenvalue weighted by molar-refractivity contribution is 7.09. The lowest BCUT2D eigenvalue weighted by Gasteiger charge is -2.28. The van der Waals surface area contributed by atoms with Crippen molar-refractivity contribution >= 4 is 11.3 Å². The van der Waals surface area contributed by atoms with E-state index in [2.05, 4.69) is 10.3 Å². The molecule has 0 spiro atoms. The minimum Gasteiger partial charge on any atom is -0.380 e. The van der Waals surface area contributed by atoms with Crippen LogP contribution in [-0.4, -0.2) is 31.3 Å². The van der Waals surface area contributed by atoms with Crippen LogP contribution in [0.2, 0.25) is 0 Å². The van der Waals surface area contributed by atoms with Crippen LogP contribution in [0, 0.1) is 0 Å². The third-order valence-electron chi connectivity index (χ3n) is 3.36. The Bertz CT molecular complexity index is 329. The zero-order valence-electron chi connectivity index (χ0n) is 8.74. The van der Waals surface area contributed by atoms with Gasteiger partial charge in [-0.3, -0.25) is 0 Å². The average molecular weight is 224 g/mol. The van der Waals surface area contributed by atoms with Crippen molar-refractivity contribution in [1.82, 2.24) is 10.3 Å². The molecule has 15 heavy (non-hydrogen) atoms. The van der Waals surface area contributed by atoms with E-state index in [9.17, 15) is 0 Å². The molecule has 1 aromatic rings. The highest BCUT2D eigenvalue weighted by atomic mass is 32.1. The van der Waals surface area contributed by atoms with Gasteiger partial charge in [0.1, 0.15) is 0 Å². The molecule has 0 aromatic carbocycles. The molecule has 0 atom stereocenters. The monoisotopic (exact) mass is 224 g/mol. The minimum atomic E-state index is 0.584. The van der Waals surface area contributed by atoms with Gasteiger partial charge in [-0.05, 0) is 31.8 Å². The van der Waals surface area contributed by atoms with Gasteiger partial charge in [-0.15, -0.1) is 11.3 Å². The Morgan fingerprint density at radius 3 is 2.73 bits per heavy atom. The first-order valence-electron chi connectivity index (χ1n) is 5.67. The maximum absolute atomic E-state index is 5.25. The van der Waals surface area contributed by atoms with Crippen molar-refractivity contribution in [3.63, 3.8) is 0 Å². The Hall–Kier alpha value is -0.450. The molecule has 0 unspecified atom stereocenters. The van der Waals surface area contributed by atoms with Gasteiger partial charge in [-0.1, -0.05) is 0 Å². The summed E-state index contributed by atoms with van der Waals surface area (Å²) in [6, 6.07) is 0. The fourth-order valence-corrected chi connectivity index (χ4v) is 3.40. The van der Waals surface area contributed by atoms with Gasteiger partial charge in [0.05, 0.1) is 24.4 Å². The lowest BCUT2D eigenvalue weighted by atomic mass is 9.91. The van der Waals surface area contributed by atoms with Crippen molar-refractivity contribution in [2.75, 3.05) is 26.3 Å². The highest BCUT2D eigenvalue weighted by Gasteiger charge is 2.29. The molecule has 0 saturated carbocycles. The first kappa shape index (κ1) is 9.75.